The number of aliphatic imine (C=N–C) groups is 1. The Kier molecular flexibility index (Phi) is 8.31. The van der Waals surface area contributed by atoms with Gasteiger partial charge in [-0.25, -0.2) is 4.99 Å². The molecule has 6 heteroatoms. The zero-order valence-corrected chi connectivity index (χ0v) is 18.3. The third kappa shape index (κ3) is 5.41. The van der Waals surface area contributed by atoms with E-state index in [9.17, 15) is 0 Å². The first kappa shape index (κ1) is 20.6. The number of hydrogen-bond acceptors (Lipinski definition) is 3. The third-order valence-corrected chi connectivity index (χ3v) is 4.88. The number of halogens is 1. The summed E-state index contributed by atoms with van der Waals surface area (Å²) in [5.41, 5.74) is 3.57. The molecule has 0 spiro atoms. The number of guanidine groups is 1. The lowest BCUT2D eigenvalue weighted by molar-refractivity contribution is 0.702. The Morgan fingerprint density at radius 2 is 2.04 bits per heavy atom. The minimum atomic E-state index is 0. The number of nitrogens with one attached hydrogen (secondary N) is 2. The highest BCUT2D eigenvalue weighted by atomic mass is 127. The molecule has 0 amide bonds. The van der Waals surface area contributed by atoms with Crippen LogP contribution in [0.5, 0.6) is 0 Å². The second-order valence-electron chi connectivity index (χ2n) is 6.02. The van der Waals surface area contributed by atoms with Gasteiger partial charge in [0.25, 0.3) is 0 Å². The van der Waals surface area contributed by atoms with E-state index < -0.39 is 0 Å². The summed E-state index contributed by atoms with van der Waals surface area (Å²) in [5, 5.41) is 12.3. The van der Waals surface area contributed by atoms with Crippen LogP contribution in [0.15, 0.2) is 58.3 Å². The summed E-state index contributed by atoms with van der Waals surface area (Å²) < 4.78 is 0. The van der Waals surface area contributed by atoms with Gasteiger partial charge in [0, 0.05) is 24.7 Å². The maximum atomic E-state index is 4.76. The van der Waals surface area contributed by atoms with Gasteiger partial charge in [0.2, 0.25) is 0 Å². The molecular weight excluding hydrogens is 455 g/mol. The SMILES string of the molecule is CCNC(=NCc1ccnc2ccccc12)NCC(C)c1ccsc1.I. The number of benzene rings is 1. The molecule has 0 aliphatic carbocycles. The molecule has 0 saturated carbocycles. The summed E-state index contributed by atoms with van der Waals surface area (Å²) in [6.07, 6.45) is 1.85. The normalized spacial score (nSPS) is 12.5. The van der Waals surface area contributed by atoms with E-state index in [0.29, 0.717) is 12.5 Å². The highest BCUT2D eigenvalue weighted by Crippen LogP contribution is 2.18. The highest BCUT2D eigenvalue weighted by molar-refractivity contribution is 14.0. The van der Waals surface area contributed by atoms with Crippen molar-refractivity contribution in [1.82, 2.24) is 15.6 Å². The van der Waals surface area contributed by atoms with Crippen molar-refractivity contribution < 1.29 is 0 Å². The fraction of sp³-hybridized carbons (Fsp3) is 0.300. The van der Waals surface area contributed by atoms with Gasteiger partial charge in [0.05, 0.1) is 12.1 Å². The molecule has 1 unspecified atom stereocenters. The van der Waals surface area contributed by atoms with Gasteiger partial charge in [-0.3, -0.25) is 4.98 Å². The monoisotopic (exact) mass is 480 g/mol. The van der Waals surface area contributed by atoms with E-state index in [1.807, 2.05) is 30.5 Å². The number of pyridine rings is 1. The first-order valence-electron chi connectivity index (χ1n) is 8.65. The van der Waals surface area contributed by atoms with Crippen molar-refractivity contribution >= 4 is 52.2 Å². The molecule has 3 rings (SSSR count). The standard InChI is InChI=1S/C20H24N4S.HI/c1-3-21-20(23-12-15(2)17-9-11-25-14-17)24-13-16-8-10-22-19-7-5-4-6-18(16)19;/h4-11,14-15H,3,12-13H2,1-2H3,(H2,21,23,24);1H. The van der Waals surface area contributed by atoms with Crippen LogP contribution < -0.4 is 10.6 Å². The predicted molar refractivity (Wildman–Crippen MR) is 123 cm³/mol. The summed E-state index contributed by atoms with van der Waals surface area (Å²) in [4.78, 5) is 9.17. The number of para-hydroxylation sites is 1. The Morgan fingerprint density at radius 1 is 1.19 bits per heavy atom. The van der Waals surface area contributed by atoms with E-state index in [1.54, 1.807) is 11.3 Å². The Balaban J connectivity index is 0.00000243. The van der Waals surface area contributed by atoms with Gasteiger partial charge >= 0.3 is 0 Å². The van der Waals surface area contributed by atoms with Gasteiger partial charge in [-0.15, -0.1) is 24.0 Å². The van der Waals surface area contributed by atoms with Crippen LogP contribution in [0.3, 0.4) is 0 Å². The van der Waals surface area contributed by atoms with E-state index in [4.69, 9.17) is 4.99 Å². The molecule has 2 N–H and O–H groups in total. The number of nitrogens with zero attached hydrogens (tertiary/aromatic N) is 2. The van der Waals surface area contributed by atoms with E-state index in [2.05, 4.69) is 52.4 Å². The minimum absolute atomic E-state index is 0. The van der Waals surface area contributed by atoms with Crippen LogP contribution in [-0.4, -0.2) is 24.0 Å². The van der Waals surface area contributed by atoms with Crippen molar-refractivity contribution in [3.05, 3.63) is 64.5 Å². The molecule has 2 heterocycles. The highest BCUT2D eigenvalue weighted by Gasteiger charge is 2.07. The molecule has 26 heavy (non-hydrogen) atoms. The van der Waals surface area contributed by atoms with Crippen molar-refractivity contribution in [2.24, 2.45) is 4.99 Å². The first-order valence-corrected chi connectivity index (χ1v) is 9.59. The molecule has 0 aliphatic heterocycles. The summed E-state index contributed by atoms with van der Waals surface area (Å²) in [6.45, 7) is 6.65. The van der Waals surface area contributed by atoms with Crippen LogP contribution in [0.1, 0.15) is 30.9 Å². The molecule has 4 nitrogen and oxygen atoms in total. The lowest BCUT2D eigenvalue weighted by Gasteiger charge is -2.15. The quantitative estimate of drug-likeness (QED) is 0.304. The van der Waals surface area contributed by atoms with Crippen molar-refractivity contribution in [3.8, 4) is 0 Å². The van der Waals surface area contributed by atoms with Gasteiger partial charge < -0.3 is 10.6 Å². The predicted octanol–water partition coefficient (Wildman–Crippen LogP) is 4.77. The van der Waals surface area contributed by atoms with Gasteiger partial charge in [0.1, 0.15) is 0 Å². The molecule has 0 bridgehead atoms. The molecule has 1 aromatic carbocycles. The second-order valence-corrected chi connectivity index (χ2v) is 6.80. The zero-order chi connectivity index (χ0) is 17.5. The van der Waals surface area contributed by atoms with Gasteiger partial charge in [-0.05, 0) is 52.9 Å². The molecule has 0 saturated heterocycles. The molecule has 1 atom stereocenters. The maximum Gasteiger partial charge on any atom is 0.191 e. The van der Waals surface area contributed by atoms with E-state index >= 15 is 0 Å². The number of rotatable bonds is 6. The Hall–Kier alpha value is -1.67. The maximum absolute atomic E-state index is 4.76. The smallest absolute Gasteiger partial charge is 0.191 e. The molecule has 0 aliphatic rings. The number of aromatic nitrogens is 1. The average Bonchev–Trinajstić information content (AvgIpc) is 3.18. The summed E-state index contributed by atoms with van der Waals surface area (Å²) in [6, 6.07) is 12.4. The van der Waals surface area contributed by atoms with Gasteiger partial charge in [0.15, 0.2) is 5.96 Å². The summed E-state index contributed by atoms with van der Waals surface area (Å²) in [5.74, 6) is 1.31. The molecule has 0 radical (unpaired) electrons. The van der Waals surface area contributed by atoms with Crippen LogP contribution >= 0.6 is 35.3 Å². The molecular formula is C20H25IN4S. The minimum Gasteiger partial charge on any atom is -0.357 e. The van der Waals surface area contributed by atoms with Crippen molar-refractivity contribution in [1.29, 1.82) is 0 Å². The fourth-order valence-electron chi connectivity index (χ4n) is 2.72. The Bertz CT molecular complexity index is 827. The van der Waals surface area contributed by atoms with Gasteiger partial charge in [-0.2, -0.15) is 11.3 Å². The van der Waals surface area contributed by atoms with Crippen LogP contribution in [0.4, 0.5) is 0 Å². The summed E-state index contributed by atoms with van der Waals surface area (Å²) >= 11 is 1.74. The van der Waals surface area contributed by atoms with Crippen molar-refractivity contribution in [2.75, 3.05) is 13.1 Å². The fourth-order valence-corrected chi connectivity index (χ4v) is 3.50. The van der Waals surface area contributed by atoms with Crippen LogP contribution in [-0.2, 0) is 6.54 Å². The average molecular weight is 480 g/mol. The second kappa shape index (κ2) is 10.5. The number of thiophene rings is 1. The number of hydrogen-bond donors (Lipinski definition) is 2. The van der Waals surface area contributed by atoms with Crippen molar-refractivity contribution in [3.63, 3.8) is 0 Å². The molecule has 2 aromatic heterocycles. The van der Waals surface area contributed by atoms with Gasteiger partial charge in [-0.1, -0.05) is 25.1 Å². The van der Waals surface area contributed by atoms with Crippen LogP contribution in [0, 0.1) is 0 Å². The van der Waals surface area contributed by atoms with Crippen LogP contribution in [0.2, 0.25) is 0 Å². The molecule has 3 aromatic rings. The van der Waals surface area contributed by atoms with Crippen LogP contribution in [0.25, 0.3) is 10.9 Å². The largest absolute Gasteiger partial charge is 0.357 e. The lowest BCUT2D eigenvalue weighted by atomic mass is 10.1. The van der Waals surface area contributed by atoms with Crippen molar-refractivity contribution in [2.45, 2.75) is 26.3 Å². The zero-order valence-electron chi connectivity index (χ0n) is 15.1. The lowest BCUT2D eigenvalue weighted by Crippen LogP contribution is -2.39. The first-order chi connectivity index (χ1) is 12.3. The van der Waals surface area contributed by atoms with E-state index in [0.717, 1.165) is 30.0 Å². The third-order valence-electron chi connectivity index (χ3n) is 4.18. The van der Waals surface area contributed by atoms with E-state index in [-0.39, 0.29) is 24.0 Å². The topological polar surface area (TPSA) is 49.3 Å². The Morgan fingerprint density at radius 3 is 2.81 bits per heavy atom. The van der Waals surface area contributed by atoms with E-state index in [1.165, 1.54) is 11.1 Å². The number of fused-ring (bicyclic) bond motifs is 1. The molecule has 0 fully saturated rings. The Labute approximate surface area is 176 Å². The summed E-state index contributed by atoms with van der Waals surface area (Å²) in [7, 11) is 0. The molecule has 138 valence electrons.